The van der Waals surface area contributed by atoms with Crippen molar-refractivity contribution in [2.24, 2.45) is 0 Å². The third-order valence-electron chi connectivity index (χ3n) is 4.58. The third-order valence-corrected chi connectivity index (χ3v) is 6.33. The summed E-state index contributed by atoms with van der Waals surface area (Å²) in [6, 6.07) is 16.2. The second kappa shape index (κ2) is 8.10. The molecule has 2 aromatic heterocycles. The van der Waals surface area contributed by atoms with E-state index in [1.807, 2.05) is 48.5 Å². The predicted molar refractivity (Wildman–Crippen MR) is 115 cm³/mol. The second-order valence-electron chi connectivity index (χ2n) is 6.74. The molecule has 0 fully saturated rings. The standard InChI is InChI=1S/C21H18N2O4S2/c24-18-16(28-20(26)22-18)10-14-5-1-12(2-6-14)9-13-3-7-15(8-4-13)11-17-19(25)23-21(27)29-17/h1-8,24-25H,9-11H2,(H,22,26)(H,23,27). The van der Waals surface area contributed by atoms with Gasteiger partial charge in [0.1, 0.15) is 0 Å². The average Bonchev–Trinajstić information content (AvgIpc) is 3.18. The van der Waals surface area contributed by atoms with Crippen LogP contribution in [0.25, 0.3) is 0 Å². The number of hydrogen-bond acceptors (Lipinski definition) is 6. The molecule has 0 unspecified atom stereocenters. The zero-order chi connectivity index (χ0) is 20.4. The van der Waals surface area contributed by atoms with Crippen LogP contribution in [0.5, 0.6) is 11.8 Å². The first kappa shape index (κ1) is 19.2. The van der Waals surface area contributed by atoms with Gasteiger partial charge in [-0.3, -0.25) is 19.6 Å². The summed E-state index contributed by atoms with van der Waals surface area (Å²) >= 11 is 2.05. The van der Waals surface area contributed by atoms with Crippen molar-refractivity contribution < 1.29 is 10.2 Å². The predicted octanol–water partition coefficient (Wildman–Crippen LogP) is 3.37. The van der Waals surface area contributed by atoms with Crippen molar-refractivity contribution in [2.75, 3.05) is 0 Å². The highest BCUT2D eigenvalue weighted by Gasteiger charge is 2.09. The van der Waals surface area contributed by atoms with Gasteiger partial charge in [0.15, 0.2) is 0 Å². The van der Waals surface area contributed by atoms with Crippen LogP contribution in [0.3, 0.4) is 0 Å². The molecule has 0 amide bonds. The van der Waals surface area contributed by atoms with Crippen LogP contribution in [-0.4, -0.2) is 20.2 Å². The summed E-state index contributed by atoms with van der Waals surface area (Å²) in [7, 11) is 0. The molecule has 0 bridgehead atoms. The molecule has 4 N–H and O–H groups in total. The Labute approximate surface area is 173 Å². The maximum absolute atomic E-state index is 11.3. The molecule has 0 saturated heterocycles. The molecule has 0 spiro atoms. The fourth-order valence-electron chi connectivity index (χ4n) is 3.10. The highest BCUT2D eigenvalue weighted by molar-refractivity contribution is 7.09. The highest BCUT2D eigenvalue weighted by atomic mass is 32.1. The molecule has 0 aliphatic carbocycles. The molecule has 0 aliphatic heterocycles. The van der Waals surface area contributed by atoms with Crippen molar-refractivity contribution in [3.05, 3.63) is 99.9 Å². The Morgan fingerprint density at radius 1 is 0.586 bits per heavy atom. The summed E-state index contributed by atoms with van der Waals surface area (Å²) in [4.78, 5) is 28.1. The minimum atomic E-state index is -0.251. The Morgan fingerprint density at radius 3 is 1.17 bits per heavy atom. The fraction of sp³-hybridized carbons (Fsp3) is 0.143. The lowest BCUT2D eigenvalue weighted by Crippen LogP contribution is -1.92. The Balaban J connectivity index is 1.40. The topological polar surface area (TPSA) is 106 Å². The van der Waals surface area contributed by atoms with Gasteiger partial charge in [-0.05, 0) is 28.7 Å². The fourth-order valence-corrected chi connectivity index (χ4v) is 4.62. The van der Waals surface area contributed by atoms with Gasteiger partial charge in [0.2, 0.25) is 11.8 Å². The van der Waals surface area contributed by atoms with E-state index in [1.54, 1.807) is 0 Å². The maximum Gasteiger partial charge on any atom is 0.307 e. The minimum absolute atomic E-state index is 0.0515. The molecule has 29 heavy (non-hydrogen) atoms. The number of H-pyrrole nitrogens is 2. The normalized spacial score (nSPS) is 11.0. The molecule has 4 aromatic rings. The Bertz CT molecular complexity index is 1130. The van der Waals surface area contributed by atoms with E-state index in [2.05, 4.69) is 9.97 Å². The zero-order valence-electron chi connectivity index (χ0n) is 15.3. The van der Waals surface area contributed by atoms with E-state index < -0.39 is 0 Å². The molecule has 2 aromatic carbocycles. The van der Waals surface area contributed by atoms with E-state index in [1.165, 1.54) is 0 Å². The van der Waals surface area contributed by atoms with Crippen LogP contribution in [0.15, 0.2) is 58.1 Å². The highest BCUT2D eigenvalue weighted by Crippen LogP contribution is 2.22. The Morgan fingerprint density at radius 2 is 0.897 bits per heavy atom. The zero-order valence-corrected chi connectivity index (χ0v) is 16.9. The van der Waals surface area contributed by atoms with E-state index in [4.69, 9.17) is 0 Å². The van der Waals surface area contributed by atoms with Gasteiger partial charge in [0.25, 0.3) is 0 Å². The van der Waals surface area contributed by atoms with Crippen LogP contribution in [0.2, 0.25) is 0 Å². The molecule has 6 nitrogen and oxygen atoms in total. The number of nitrogens with one attached hydrogen (secondary N) is 2. The average molecular weight is 427 g/mol. The van der Waals surface area contributed by atoms with Crippen LogP contribution >= 0.6 is 22.7 Å². The second-order valence-corrected chi connectivity index (χ2v) is 8.87. The minimum Gasteiger partial charge on any atom is -0.494 e. The first-order valence-electron chi connectivity index (χ1n) is 8.94. The number of aromatic amines is 2. The van der Waals surface area contributed by atoms with Crippen LogP contribution < -0.4 is 9.75 Å². The number of benzene rings is 2. The molecule has 0 saturated carbocycles. The smallest absolute Gasteiger partial charge is 0.307 e. The molecule has 0 radical (unpaired) electrons. The van der Waals surface area contributed by atoms with E-state index in [0.29, 0.717) is 22.6 Å². The molecular formula is C21H18N2O4S2. The van der Waals surface area contributed by atoms with Gasteiger partial charge in [-0.2, -0.15) is 0 Å². The first-order valence-corrected chi connectivity index (χ1v) is 10.6. The van der Waals surface area contributed by atoms with Crippen LogP contribution in [0, 0.1) is 0 Å². The number of rotatable bonds is 6. The summed E-state index contributed by atoms with van der Waals surface area (Å²) in [6.07, 6.45) is 1.82. The van der Waals surface area contributed by atoms with Crippen molar-refractivity contribution in [1.82, 2.24) is 9.97 Å². The quantitative estimate of drug-likeness (QED) is 0.379. The summed E-state index contributed by atoms with van der Waals surface area (Å²) in [5, 5.41) is 19.4. The largest absolute Gasteiger partial charge is 0.494 e. The van der Waals surface area contributed by atoms with E-state index in [0.717, 1.165) is 51.3 Å². The molecule has 2 heterocycles. The van der Waals surface area contributed by atoms with Gasteiger partial charge >= 0.3 is 9.75 Å². The van der Waals surface area contributed by atoms with Crippen LogP contribution in [-0.2, 0) is 19.3 Å². The van der Waals surface area contributed by atoms with Crippen molar-refractivity contribution in [3.8, 4) is 11.8 Å². The molecule has 0 atom stereocenters. The molecule has 8 heteroatoms. The third kappa shape index (κ3) is 4.67. The Kier molecular flexibility index (Phi) is 5.37. The van der Waals surface area contributed by atoms with Crippen molar-refractivity contribution in [1.29, 1.82) is 0 Å². The van der Waals surface area contributed by atoms with Gasteiger partial charge in [-0.15, -0.1) is 0 Å². The lowest BCUT2D eigenvalue weighted by atomic mass is 10.0. The van der Waals surface area contributed by atoms with Gasteiger partial charge in [-0.25, -0.2) is 0 Å². The van der Waals surface area contributed by atoms with E-state index >= 15 is 0 Å². The summed E-state index contributed by atoms with van der Waals surface area (Å²) in [6.45, 7) is 0. The lowest BCUT2D eigenvalue weighted by Gasteiger charge is -2.06. The molecule has 0 aliphatic rings. The maximum atomic E-state index is 11.3. The van der Waals surface area contributed by atoms with Gasteiger partial charge in [0, 0.05) is 12.8 Å². The van der Waals surface area contributed by atoms with Gasteiger partial charge < -0.3 is 10.2 Å². The van der Waals surface area contributed by atoms with Crippen molar-refractivity contribution in [3.63, 3.8) is 0 Å². The lowest BCUT2D eigenvalue weighted by molar-refractivity contribution is 0.450. The van der Waals surface area contributed by atoms with E-state index in [-0.39, 0.29) is 21.5 Å². The monoisotopic (exact) mass is 426 g/mol. The molecule has 4 rings (SSSR count). The van der Waals surface area contributed by atoms with Gasteiger partial charge in [-0.1, -0.05) is 71.2 Å². The van der Waals surface area contributed by atoms with Crippen LogP contribution in [0.1, 0.15) is 32.0 Å². The summed E-state index contributed by atoms with van der Waals surface area (Å²) in [5.41, 5.74) is 4.38. The number of thiazole rings is 2. The first-order chi connectivity index (χ1) is 14.0. The summed E-state index contributed by atoms with van der Waals surface area (Å²) < 4.78 is 0. The number of aromatic hydroxyl groups is 2. The van der Waals surface area contributed by atoms with Gasteiger partial charge in [0.05, 0.1) is 9.75 Å². The molecule has 148 valence electrons. The van der Waals surface area contributed by atoms with Crippen LogP contribution in [0.4, 0.5) is 0 Å². The Hall–Kier alpha value is -3.10. The number of aromatic nitrogens is 2. The van der Waals surface area contributed by atoms with Crippen molar-refractivity contribution >= 4 is 22.7 Å². The SMILES string of the molecule is O=c1[nH]c(O)c(Cc2ccc(Cc3ccc(Cc4sc(=O)[nH]c4O)cc3)cc2)s1. The number of hydrogen-bond donors (Lipinski definition) is 4. The molecular weight excluding hydrogens is 408 g/mol. The summed E-state index contributed by atoms with van der Waals surface area (Å²) in [5.74, 6) is -0.103. The van der Waals surface area contributed by atoms with Crippen molar-refractivity contribution in [2.45, 2.75) is 19.3 Å². The van der Waals surface area contributed by atoms with E-state index in [9.17, 15) is 19.8 Å².